The molecule has 0 aliphatic carbocycles. The lowest BCUT2D eigenvalue weighted by molar-refractivity contribution is -0.173. The average molecular weight is 283 g/mol. The largest absolute Gasteiger partial charge is 0.411 e. The molecule has 102 valence electrons. The van der Waals surface area contributed by atoms with Gasteiger partial charge in [-0.1, -0.05) is 18.5 Å². The van der Waals surface area contributed by atoms with Gasteiger partial charge in [-0.2, -0.15) is 13.2 Å². The van der Waals surface area contributed by atoms with Crippen LogP contribution in [0.15, 0.2) is 0 Å². The van der Waals surface area contributed by atoms with Gasteiger partial charge in [-0.25, -0.2) is 9.97 Å². The van der Waals surface area contributed by atoms with Gasteiger partial charge in [0.05, 0.1) is 6.61 Å². The number of nitrogens with zero attached hydrogens (tertiary/aromatic N) is 2. The van der Waals surface area contributed by atoms with Crippen molar-refractivity contribution in [1.29, 1.82) is 0 Å². The second kappa shape index (κ2) is 6.33. The van der Waals surface area contributed by atoms with Crippen molar-refractivity contribution in [1.82, 2.24) is 9.97 Å². The fourth-order valence-corrected chi connectivity index (χ4v) is 1.85. The van der Waals surface area contributed by atoms with Gasteiger partial charge in [0.2, 0.25) is 0 Å². The topological polar surface area (TPSA) is 35.0 Å². The van der Waals surface area contributed by atoms with E-state index in [0.717, 1.165) is 17.7 Å². The van der Waals surface area contributed by atoms with Crippen LogP contribution in [-0.2, 0) is 17.6 Å². The SMILES string of the molecule is CCc1c(C)nc(CCOCC(F)(F)F)nc1Cl. The summed E-state index contributed by atoms with van der Waals surface area (Å²) in [7, 11) is 0. The van der Waals surface area contributed by atoms with Crippen LogP contribution in [0.1, 0.15) is 24.0 Å². The highest BCUT2D eigenvalue weighted by atomic mass is 35.5. The average Bonchev–Trinajstić information content (AvgIpc) is 2.23. The van der Waals surface area contributed by atoms with E-state index < -0.39 is 12.8 Å². The monoisotopic (exact) mass is 282 g/mol. The van der Waals surface area contributed by atoms with Crippen LogP contribution in [0.3, 0.4) is 0 Å². The fraction of sp³-hybridized carbons (Fsp3) is 0.636. The molecule has 1 rings (SSSR count). The second-order valence-corrected chi connectivity index (χ2v) is 4.12. The normalized spacial score (nSPS) is 11.9. The van der Waals surface area contributed by atoms with E-state index in [1.807, 2.05) is 6.92 Å². The van der Waals surface area contributed by atoms with Gasteiger partial charge in [-0.15, -0.1) is 0 Å². The van der Waals surface area contributed by atoms with Gasteiger partial charge in [0.1, 0.15) is 17.6 Å². The minimum Gasteiger partial charge on any atom is -0.372 e. The molecule has 1 aromatic rings. The Morgan fingerprint density at radius 1 is 1.28 bits per heavy atom. The number of hydrogen-bond donors (Lipinski definition) is 0. The maximum atomic E-state index is 11.8. The van der Waals surface area contributed by atoms with E-state index in [1.165, 1.54) is 0 Å². The molecule has 0 fully saturated rings. The summed E-state index contributed by atoms with van der Waals surface area (Å²) in [6.07, 6.45) is -3.38. The maximum absolute atomic E-state index is 11.8. The van der Waals surface area contributed by atoms with E-state index in [-0.39, 0.29) is 13.0 Å². The summed E-state index contributed by atoms with van der Waals surface area (Å²) >= 11 is 5.95. The van der Waals surface area contributed by atoms with Crippen LogP contribution >= 0.6 is 11.6 Å². The second-order valence-electron chi connectivity index (χ2n) is 3.77. The van der Waals surface area contributed by atoms with Gasteiger partial charge in [0, 0.05) is 17.7 Å². The van der Waals surface area contributed by atoms with Crippen molar-refractivity contribution in [2.45, 2.75) is 32.9 Å². The summed E-state index contributed by atoms with van der Waals surface area (Å²) in [6.45, 7) is 2.39. The van der Waals surface area contributed by atoms with E-state index in [2.05, 4.69) is 14.7 Å². The standard InChI is InChI=1S/C11H14ClF3N2O/c1-3-8-7(2)16-9(17-10(8)12)4-5-18-6-11(13,14)15/h3-6H2,1-2H3. The van der Waals surface area contributed by atoms with Crippen molar-refractivity contribution in [3.05, 3.63) is 22.2 Å². The van der Waals surface area contributed by atoms with Gasteiger partial charge in [0.25, 0.3) is 0 Å². The van der Waals surface area contributed by atoms with Gasteiger partial charge in [0.15, 0.2) is 0 Å². The quantitative estimate of drug-likeness (QED) is 0.615. The predicted molar refractivity (Wildman–Crippen MR) is 61.7 cm³/mol. The van der Waals surface area contributed by atoms with Gasteiger partial charge in [-0.05, 0) is 13.3 Å². The van der Waals surface area contributed by atoms with Crippen molar-refractivity contribution in [2.24, 2.45) is 0 Å². The first kappa shape index (κ1) is 15.2. The minimum atomic E-state index is -4.31. The third-order valence-corrected chi connectivity index (χ3v) is 2.61. The molecule has 0 aliphatic heterocycles. The van der Waals surface area contributed by atoms with Gasteiger partial charge >= 0.3 is 6.18 Å². The lowest BCUT2D eigenvalue weighted by Crippen LogP contribution is -2.18. The molecule has 0 unspecified atom stereocenters. The van der Waals surface area contributed by atoms with Crippen LogP contribution in [0, 0.1) is 6.92 Å². The molecule has 1 heterocycles. The van der Waals surface area contributed by atoms with E-state index in [0.29, 0.717) is 11.0 Å². The zero-order chi connectivity index (χ0) is 13.8. The van der Waals surface area contributed by atoms with E-state index in [4.69, 9.17) is 11.6 Å². The van der Waals surface area contributed by atoms with Crippen molar-refractivity contribution in [3.63, 3.8) is 0 Å². The first-order valence-corrected chi connectivity index (χ1v) is 5.87. The van der Waals surface area contributed by atoms with Crippen molar-refractivity contribution in [2.75, 3.05) is 13.2 Å². The molecule has 0 N–H and O–H groups in total. The Bertz CT molecular complexity index is 387. The molecular formula is C11H14ClF3N2O. The molecule has 18 heavy (non-hydrogen) atoms. The summed E-state index contributed by atoms with van der Waals surface area (Å²) in [5.74, 6) is 0.400. The molecule has 0 spiro atoms. The highest BCUT2D eigenvalue weighted by Gasteiger charge is 2.27. The third kappa shape index (κ3) is 4.78. The van der Waals surface area contributed by atoms with Crippen molar-refractivity contribution in [3.8, 4) is 0 Å². The molecule has 0 atom stereocenters. The van der Waals surface area contributed by atoms with Gasteiger partial charge < -0.3 is 4.74 Å². The summed E-state index contributed by atoms with van der Waals surface area (Å²) in [5.41, 5.74) is 1.61. The molecule has 3 nitrogen and oxygen atoms in total. The number of halogens is 4. The number of rotatable bonds is 5. The zero-order valence-corrected chi connectivity index (χ0v) is 10.9. The third-order valence-electron chi connectivity index (χ3n) is 2.30. The molecule has 0 aliphatic rings. The molecule has 0 bridgehead atoms. The zero-order valence-electron chi connectivity index (χ0n) is 10.1. The van der Waals surface area contributed by atoms with Crippen LogP contribution in [0.4, 0.5) is 13.2 Å². The molecule has 0 saturated carbocycles. The van der Waals surface area contributed by atoms with E-state index >= 15 is 0 Å². The number of alkyl halides is 3. The Morgan fingerprint density at radius 2 is 1.94 bits per heavy atom. The smallest absolute Gasteiger partial charge is 0.372 e. The molecule has 0 radical (unpaired) electrons. The molecular weight excluding hydrogens is 269 g/mol. The Morgan fingerprint density at radius 3 is 2.44 bits per heavy atom. The van der Waals surface area contributed by atoms with Crippen LogP contribution in [0.2, 0.25) is 5.15 Å². The van der Waals surface area contributed by atoms with Crippen molar-refractivity contribution < 1.29 is 17.9 Å². The van der Waals surface area contributed by atoms with Gasteiger partial charge in [-0.3, -0.25) is 0 Å². The molecule has 1 aromatic heterocycles. The number of ether oxygens (including phenoxy) is 1. The Hall–Kier alpha value is -0.880. The van der Waals surface area contributed by atoms with Crippen LogP contribution in [0.25, 0.3) is 0 Å². The minimum absolute atomic E-state index is 0.0826. The van der Waals surface area contributed by atoms with Crippen LogP contribution in [0.5, 0.6) is 0 Å². The molecule has 0 amide bonds. The lowest BCUT2D eigenvalue weighted by Gasteiger charge is -2.09. The number of aryl methyl sites for hydroxylation is 1. The first-order chi connectivity index (χ1) is 8.33. The Kier molecular flexibility index (Phi) is 5.34. The molecule has 0 saturated heterocycles. The lowest BCUT2D eigenvalue weighted by atomic mass is 10.2. The summed E-state index contributed by atoms with van der Waals surface area (Å²) < 4.78 is 40.0. The highest BCUT2D eigenvalue weighted by molar-refractivity contribution is 6.30. The number of aromatic nitrogens is 2. The van der Waals surface area contributed by atoms with Crippen LogP contribution in [-0.4, -0.2) is 29.4 Å². The summed E-state index contributed by atoms with van der Waals surface area (Å²) in [6, 6.07) is 0. The van der Waals surface area contributed by atoms with Crippen molar-refractivity contribution >= 4 is 11.6 Å². The number of hydrogen-bond acceptors (Lipinski definition) is 3. The highest BCUT2D eigenvalue weighted by Crippen LogP contribution is 2.17. The fourth-order valence-electron chi connectivity index (χ4n) is 1.48. The van der Waals surface area contributed by atoms with E-state index in [1.54, 1.807) is 6.92 Å². The maximum Gasteiger partial charge on any atom is 0.411 e. The Labute approximate surface area is 108 Å². The van der Waals surface area contributed by atoms with E-state index in [9.17, 15) is 13.2 Å². The summed E-state index contributed by atoms with van der Waals surface area (Å²) in [4.78, 5) is 8.21. The Balaban J connectivity index is 2.54. The molecule has 0 aromatic carbocycles. The molecule has 7 heteroatoms. The predicted octanol–water partition coefficient (Wildman–Crippen LogP) is 3.12. The van der Waals surface area contributed by atoms with Crippen LogP contribution < -0.4 is 0 Å². The summed E-state index contributed by atoms with van der Waals surface area (Å²) in [5, 5.41) is 0.357. The first-order valence-electron chi connectivity index (χ1n) is 5.50.